The molecule has 7 nitrogen and oxygen atoms in total. The highest BCUT2D eigenvalue weighted by Crippen LogP contribution is 2.18. The Bertz CT molecular complexity index is 1310. The highest BCUT2D eigenvalue weighted by Gasteiger charge is 2.25. The number of aromatic nitrogens is 2. The molecule has 0 bridgehead atoms. The molecule has 0 spiro atoms. The molecule has 1 saturated heterocycles. The van der Waals surface area contributed by atoms with E-state index >= 15 is 0 Å². The minimum atomic E-state index is -0.321. The molecule has 178 valence electrons. The van der Waals surface area contributed by atoms with Crippen LogP contribution in [0.25, 0.3) is 5.65 Å². The molecular formula is C27H25FN4O3. The quantitative estimate of drug-likeness (QED) is 0.430. The summed E-state index contributed by atoms with van der Waals surface area (Å²) in [7, 11) is 0. The average Bonchev–Trinajstić information content (AvgIpc) is 3.32. The Hall–Kier alpha value is -4.20. The van der Waals surface area contributed by atoms with Gasteiger partial charge >= 0.3 is 0 Å². The van der Waals surface area contributed by atoms with Crippen LogP contribution in [0.1, 0.15) is 21.6 Å². The molecule has 8 heteroatoms. The van der Waals surface area contributed by atoms with Crippen LogP contribution in [0, 0.1) is 5.82 Å². The van der Waals surface area contributed by atoms with Crippen molar-refractivity contribution in [1.82, 2.24) is 19.2 Å². The number of carbonyl (C=O) groups is 2. The largest absolute Gasteiger partial charge is 0.487 e. The molecule has 2 amide bonds. The number of hydrogen-bond donors (Lipinski definition) is 0. The van der Waals surface area contributed by atoms with Gasteiger partial charge in [-0.3, -0.25) is 9.59 Å². The normalized spacial score (nSPS) is 13.7. The molecule has 2 aromatic heterocycles. The van der Waals surface area contributed by atoms with Crippen LogP contribution in [0.4, 0.5) is 4.39 Å². The number of piperazine rings is 1. The number of amides is 2. The molecule has 0 saturated carbocycles. The number of rotatable bonds is 6. The molecule has 4 aromatic rings. The molecule has 0 radical (unpaired) electrons. The van der Waals surface area contributed by atoms with Gasteiger partial charge in [-0.15, -0.1) is 0 Å². The first kappa shape index (κ1) is 22.6. The number of nitrogens with zero attached hydrogens (tertiary/aromatic N) is 4. The van der Waals surface area contributed by atoms with Gasteiger partial charge in [0.1, 0.15) is 23.8 Å². The second kappa shape index (κ2) is 9.97. The maximum Gasteiger partial charge on any atom is 0.254 e. The van der Waals surface area contributed by atoms with Crippen LogP contribution in [-0.4, -0.2) is 57.2 Å². The third kappa shape index (κ3) is 5.32. The number of imidazole rings is 1. The second-order valence-electron chi connectivity index (χ2n) is 8.49. The Balaban J connectivity index is 1.15. The number of carbonyl (C=O) groups excluding carboxylic acids is 2. The number of hydrogen-bond acceptors (Lipinski definition) is 4. The zero-order chi connectivity index (χ0) is 24.2. The first-order chi connectivity index (χ1) is 17.0. The average molecular weight is 473 g/mol. The first-order valence-corrected chi connectivity index (χ1v) is 11.5. The van der Waals surface area contributed by atoms with Crippen LogP contribution in [-0.2, 0) is 17.8 Å². The van der Waals surface area contributed by atoms with Crippen molar-refractivity contribution in [2.45, 2.75) is 13.0 Å². The lowest BCUT2D eigenvalue weighted by Gasteiger charge is -2.35. The topological polar surface area (TPSA) is 67.2 Å². The third-order valence-electron chi connectivity index (χ3n) is 6.07. The summed E-state index contributed by atoms with van der Waals surface area (Å²) in [5, 5.41) is 0. The summed E-state index contributed by atoms with van der Waals surface area (Å²) in [5.41, 5.74) is 2.97. The lowest BCUT2D eigenvalue weighted by atomic mass is 10.1. The van der Waals surface area contributed by atoms with Crippen LogP contribution in [0.5, 0.6) is 5.75 Å². The van der Waals surface area contributed by atoms with Crippen LogP contribution >= 0.6 is 0 Å². The van der Waals surface area contributed by atoms with Gasteiger partial charge in [0.2, 0.25) is 5.91 Å². The van der Waals surface area contributed by atoms with Crippen LogP contribution in [0.3, 0.4) is 0 Å². The lowest BCUT2D eigenvalue weighted by Crippen LogP contribution is -2.51. The summed E-state index contributed by atoms with van der Waals surface area (Å²) >= 11 is 0. The monoisotopic (exact) mass is 472 g/mol. The van der Waals surface area contributed by atoms with Crippen molar-refractivity contribution in [2.75, 3.05) is 26.2 Å². The summed E-state index contributed by atoms with van der Waals surface area (Å²) in [6.07, 6.45) is 4.07. The van der Waals surface area contributed by atoms with E-state index < -0.39 is 0 Å². The fourth-order valence-electron chi connectivity index (χ4n) is 4.16. The van der Waals surface area contributed by atoms with Gasteiger partial charge < -0.3 is 18.9 Å². The maximum atomic E-state index is 13.1. The zero-order valence-electron chi connectivity index (χ0n) is 19.1. The van der Waals surface area contributed by atoms with E-state index in [1.807, 2.05) is 41.1 Å². The smallest absolute Gasteiger partial charge is 0.254 e. The van der Waals surface area contributed by atoms with Gasteiger partial charge in [0.25, 0.3) is 5.91 Å². The van der Waals surface area contributed by atoms with E-state index in [-0.39, 0.29) is 24.1 Å². The van der Waals surface area contributed by atoms with Crippen molar-refractivity contribution in [2.24, 2.45) is 0 Å². The molecule has 5 rings (SSSR count). The Kier molecular flexibility index (Phi) is 6.43. The van der Waals surface area contributed by atoms with E-state index in [0.717, 1.165) is 16.9 Å². The number of benzene rings is 2. The summed E-state index contributed by atoms with van der Waals surface area (Å²) in [6, 6.07) is 18.9. The number of halogens is 1. The second-order valence-corrected chi connectivity index (χ2v) is 8.49. The van der Waals surface area contributed by atoms with Gasteiger partial charge in [0.15, 0.2) is 0 Å². The predicted molar refractivity (Wildman–Crippen MR) is 129 cm³/mol. The summed E-state index contributed by atoms with van der Waals surface area (Å²) in [5.74, 6) is 0.166. The number of pyridine rings is 1. The van der Waals surface area contributed by atoms with Crippen molar-refractivity contribution in [3.05, 3.63) is 102 Å². The van der Waals surface area contributed by atoms with Crippen molar-refractivity contribution in [3.63, 3.8) is 0 Å². The predicted octanol–water partition coefficient (Wildman–Crippen LogP) is 3.58. The van der Waals surface area contributed by atoms with Crippen molar-refractivity contribution >= 4 is 17.5 Å². The molecule has 3 heterocycles. The third-order valence-corrected chi connectivity index (χ3v) is 6.07. The van der Waals surface area contributed by atoms with Crippen molar-refractivity contribution < 1.29 is 18.7 Å². The Labute approximate surface area is 202 Å². The minimum Gasteiger partial charge on any atom is -0.487 e. The van der Waals surface area contributed by atoms with Crippen molar-refractivity contribution in [3.8, 4) is 5.75 Å². The van der Waals surface area contributed by atoms with Gasteiger partial charge in [-0.05, 0) is 48.0 Å². The van der Waals surface area contributed by atoms with E-state index in [9.17, 15) is 14.0 Å². The SMILES string of the molecule is O=C(Cc1ccc(F)cc1)N1CCN(C(=O)c2cccc(OCc3cn4ccccc4n3)c2)CC1. The molecule has 0 aliphatic carbocycles. The fraction of sp³-hybridized carbons (Fsp3) is 0.222. The molecule has 0 unspecified atom stereocenters. The molecule has 1 aliphatic heterocycles. The van der Waals surface area contributed by atoms with E-state index in [0.29, 0.717) is 44.1 Å². The van der Waals surface area contributed by atoms with Gasteiger partial charge in [-0.25, -0.2) is 9.37 Å². The van der Waals surface area contributed by atoms with Gasteiger partial charge in [-0.2, -0.15) is 0 Å². The fourth-order valence-corrected chi connectivity index (χ4v) is 4.16. The summed E-state index contributed by atoms with van der Waals surface area (Å²) in [4.78, 5) is 33.7. The standard InChI is InChI=1S/C27H25FN4O3/c28-22-9-7-20(8-10-22)16-26(33)30-12-14-31(15-13-30)27(34)21-4-3-5-24(17-21)35-19-23-18-32-11-2-1-6-25(32)29-23/h1-11,17-18H,12-16,19H2. The Morgan fingerprint density at radius 1 is 0.914 bits per heavy atom. The molecule has 0 atom stereocenters. The highest BCUT2D eigenvalue weighted by molar-refractivity contribution is 5.94. The molecule has 2 aromatic carbocycles. The molecule has 1 fully saturated rings. The van der Waals surface area contributed by atoms with E-state index in [2.05, 4.69) is 4.98 Å². The summed E-state index contributed by atoms with van der Waals surface area (Å²) < 4.78 is 20.9. The van der Waals surface area contributed by atoms with Crippen LogP contribution in [0.2, 0.25) is 0 Å². The van der Waals surface area contributed by atoms with Gasteiger partial charge in [-0.1, -0.05) is 24.3 Å². The van der Waals surface area contributed by atoms with Crippen molar-refractivity contribution in [1.29, 1.82) is 0 Å². The molecule has 1 aliphatic rings. The maximum absolute atomic E-state index is 13.1. The zero-order valence-corrected chi connectivity index (χ0v) is 19.1. The van der Waals surface area contributed by atoms with E-state index in [1.165, 1.54) is 12.1 Å². The molecular weight excluding hydrogens is 447 g/mol. The van der Waals surface area contributed by atoms with Crippen LogP contribution in [0.15, 0.2) is 79.1 Å². The Morgan fingerprint density at radius 3 is 2.46 bits per heavy atom. The highest BCUT2D eigenvalue weighted by atomic mass is 19.1. The molecule has 0 N–H and O–H groups in total. The first-order valence-electron chi connectivity index (χ1n) is 11.5. The van der Waals surface area contributed by atoms with E-state index in [4.69, 9.17) is 4.74 Å². The lowest BCUT2D eigenvalue weighted by molar-refractivity contribution is -0.131. The van der Waals surface area contributed by atoms with Crippen LogP contribution < -0.4 is 4.74 Å². The molecule has 35 heavy (non-hydrogen) atoms. The Morgan fingerprint density at radius 2 is 1.69 bits per heavy atom. The summed E-state index contributed by atoms with van der Waals surface area (Å²) in [6.45, 7) is 2.15. The van der Waals surface area contributed by atoms with Gasteiger partial charge in [0.05, 0.1) is 12.1 Å². The minimum absolute atomic E-state index is 0.0222. The van der Waals surface area contributed by atoms with Gasteiger partial charge in [0, 0.05) is 44.1 Å². The number of fused-ring (bicyclic) bond motifs is 1. The number of ether oxygens (including phenoxy) is 1. The van der Waals surface area contributed by atoms with E-state index in [1.54, 1.807) is 40.1 Å².